The van der Waals surface area contributed by atoms with Crippen LogP contribution >= 0.6 is 0 Å². The lowest BCUT2D eigenvalue weighted by molar-refractivity contribution is 0.0947. The monoisotopic (exact) mass is 343 g/mol. The van der Waals surface area contributed by atoms with Gasteiger partial charge in [0.2, 0.25) is 6.79 Å². The first-order chi connectivity index (χ1) is 12.1. The fourth-order valence-corrected chi connectivity index (χ4v) is 2.32. The molecular formula is C17H21N5O3. The molecule has 1 aliphatic rings. The predicted molar refractivity (Wildman–Crippen MR) is 93.4 cm³/mol. The molecule has 132 valence electrons. The normalized spacial score (nSPS) is 12.3. The van der Waals surface area contributed by atoms with Crippen molar-refractivity contribution in [3.63, 3.8) is 0 Å². The second-order valence-electron chi connectivity index (χ2n) is 5.89. The van der Waals surface area contributed by atoms with Crippen molar-refractivity contribution in [2.45, 2.75) is 6.42 Å². The van der Waals surface area contributed by atoms with E-state index in [1.165, 1.54) is 12.4 Å². The highest BCUT2D eigenvalue weighted by Crippen LogP contribution is 2.34. The lowest BCUT2D eigenvalue weighted by Crippen LogP contribution is -2.27. The first-order valence-corrected chi connectivity index (χ1v) is 8.03. The van der Waals surface area contributed by atoms with E-state index in [0.29, 0.717) is 23.8 Å². The minimum atomic E-state index is -0.221. The number of carbonyl (C=O) groups excluding carboxylic acids is 1. The number of ether oxygens (including phenoxy) is 2. The molecule has 0 saturated heterocycles. The maximum Gasteiger partial charge on any atom is 0.271 e. The molecule has 2 aromatic rings. The van der Waals surface area contributed by atoms with Gasteiger partial charge >= 0.3 is 0 Å². The second kappa shape index (κ2) is 7.80. The Labute approximate surface area is 146 Å². The Balaban J connectivity index is 1.54. The van der Waals surface area contributed by atoms with Crippen LogP contribution in [0.4, 0.5) is 11.5 Å². The van der Waals surface area contributed by atoms with E-state index in [4.69, 9.17) is 9.47 Å². The summed E-state index contributed by atoms with van der Waals surface area (Å²) in [4.78, 5) is 22.5. The summed E-state index contributed by atoms with van der Waals surface area (Å²) in [5.41, 5.74) is 1.10. The largest absolute Gasteiger partial charge is 0.454 e. The zero-order chi connectivity index (χ0) is 17.6. The Morgan fingerprint density at radius 1 is 1.20 bits per heavy atom. The maximum atomic E-state index is 12.0. The highest BCUT2D eigenvalue weighted by atomic mass is 16.7. The number of nitrogens with zero attached hydrogens (tertiary/aromatic N) is 3. The van der Waals surface area contributed by atoms with Crippen LogP contribution in [0.5, 0.6) is 11.5 Å². The molecule has 0 fully saturated rings. The number of aromatic nitrogens is 2. The summed E-state index contributed by atoms with van der Waals surface area (Å²) in [5.74, 6) is 1.73. The molecule has 0 bridgehead atoms. The van der Waals surface area contributed by atoms with Gasteiger partial charge in [-0.2, -0.15) is 0 Å². The molecule has 8 nitrogen and oxygen atoms in total. The van der Waals surface area contributed by atoms with Gasteiger partial charge in [0, 0.05) is 18.3 Å². The average molecular weight is 343 g/mol. The molecule has 2 N–H and O–H groups in total. The molecule has 8 heteroatoms. The van der Waals surface area contributed by atoms with Crippen LogP contribution in [0.1, 0.15) is 16.9 Å². The molecular weight excluding hydrogens is 322 g/mol. The Morgan fingerprint density at radius 2 is 2.04 bits per heavy atom. The summed E-state index contributed by atoms with van der Waals surface area (Å²) < 4.78 is 10.6. The number of carbonyl (C=O) groups is 1. The van der Waals surface area contributed by atoms with Gasteiger partial charge in [-0.15, -0.1) is 0 Å². The van der Waals surface area contributed by atoms with E-state index in [1.807, 2.05) is 32.3 Å². The summed E-state index contributed by atoms with van der Waals surface area (Å²) in [6.45, 7) is 1.76. The lowest BCUT2D eigenvalue weighted by Gasteiger charge is -2.10. The number of nitrogens with one attached hydrogen (secondary N) is 2. The van der Waals surface area contributed by atoms with Gasteiger partial charge in [-0.25, -0.2) is 9.97 Å². The minimum Gasteiger partial charge on any atom is -0.454 e. The molecule has 0 atom stereocenters. The van der Waals surface area contributed by atoms with E-state index in [9.17, 15) is 4.79 Å². The Kier molecular flexibility index (Phi) is 5.30. The molecule has 0 saturated carbocycles. The first kappa shape index (κ1) is 17.0. The third-order valence-electron chi connectivity index (χ3n) is 3.60. The van der Waals surface area contributed by atoms with Gasteiger partial charge in [-0.1, -0.05) is 0 Å². The second-order valence-corrected chi connectivity index (χ2v) is 5.89. The Hall–Kier alpha value is -2.87. The molecule has 0 aliphatic carbocycles. The predicted octanol–water partition coefficient (Wildman–Crippen LogP) is 1.63. The summed E-state index contributed by atoms with van der Waals surface area (Å²) >= 11 is 0. The van der Waals surface area contributed by atoms with Crippen LogP contribution in [0.25, 0.3) is 0 Å². The zero-order valence-corrected chi connectivity index (χ0v) is 14.3. The molecule has 1 aliphatic heterocycles. The van der Waals surface area contributed by atoms with Crippen molar-refractivity contribution in [3.05, 3.63) is 36.3 Å². The Bertz CT molecular complexity index is 734. The van der Waals surface area contributed by atoms with Crippen molar-refractivity contribution < 1.29 is 14.3 Å². The summed E-state index contributed by atoms with van der Waals surface area (Å²) in [6.07, 6.45) is 3.87. The highest BCUT2D eigenvalue weighted by molar-refractivity contribution is 5.92. The SMILES string of the molecule is CN(C)CCCNC(=O)c1cnc(Nc2ccc3c(c2)OCO3)cn1. The molecule has 1 amide bonds. The smallest absolute Gasteiger partial charge is 0.271 e. The van der Waals surface area contributed by atoms with Crippen LogP contribution in [0.2, 0.25) is 0 Å². The van der Waals surface area contributed by atoms with E-state index >= 15 is 0 Å². The van der Waals surface area contributed by atoms with Gasteiger partial charge < -0.3 is 25.0 Å². The quantitative estimate of drug-likeness (QED) is 0.739. The van der Waals surface area contributed by atoms with Gasteiger partial charge in [0.1, 0.15) is 11.5 Å². The van der Waals surface area contributed by atoms with Crippen molar-refractivity contribution in [2.24, 2.45) is 0 Å². The van der Waals surface area contributed by atoms with E-state index in [2.05, 4.69) is 25.5 Å². The van der Waals surface area contributed by atoms with Crippen LogP contribution < -0.4 is 20.1 Å². The molecule has 2 heterocycles. The van der Waals surface area contributed by atoms with Gasteiger partial charge in [-0.05, 0) is 39.2 Å². The van der Waals surface area contributed by atoms with E-state index in [0.717, 1.165) is 24.4 Å². The summed E-state index contributed by atoms with van der Waals surface area (Å²) in [5, 5.41) is 5.95. The fourth-order valence-electron chi connectivity index (χ4n) is 2.32. The van der Waals surface area contributed by atoms with Crippen LogP contribution in [0.3, 0.4) is 0 Å². The van der Waals surface area contributed by atoms with Gasteiger partial charge in [0.15, 0.2) is 11.5 Å². The van der Waals surface area contributed by atoms with E-state index in [-0.39, 0.29) is 12.7 Å². The molecule has 25 heavy (non-hydrogen) atoms. The molecule has 3 rings (SSSR count). The Morgan fingerprint density at radius 3 is 2.80 bits per heavy atom. The minimum absolute atomic E-state index is 0.221. The lowest BCUT2D eigenvalue weighted by atomic mass is 10.3. The molecule has 1 aromatic carbocycles. The third-order valence-corrected chi connectivity index (χ3v) is 3.60. The van der Waals surface area contributed by atoms with Crippen LogP contribution in [-0.4, -0.2) is 54.8 Å². The van der Waals surface area contributed by atoms with Crippen molar-refractivity contribution in [1.82, 2.24) is 20.2 Å². The molecule has 0 spiro atoms. The number of amides is 1. The van der Waals surface area contributed by atoms with Crippen LogP contribution in [-0.2, 0) is 0 Å². The summed E-state index contributed by atoms with van der Waals surface area (Å²) in [6, 6.07) is 5.52. The van der Waals surface area contributed by atoms with Crippen LogP contribution in [0.15, 0.2) is 30.6 Å². The topological polar surface area (TPSA) is 88.6 Å². The number of benzene rings is 1. The maximum absolute atomic E-state index is 12.0. The van der Waals surface area contributed by atoms with Crippen molar-refractivity contribution in [2.75, 3.05) is 39.3 Å². The number of hydrogen-bond acceptors (Lipinski definition) is 7. The van der Waals surface area contributed by atoms with Crippen molar-refractivity contribution in [1.29, 1.82) is 0 Å². The zero-order valence-electron chi connectivity index (χ0n) is 14.3. The number of hydrogen-bond donors (Lipinski definition) is 2. The van der Waals surface area contributed by atoms with Gasteiger partial charge in [0.25, 0.3) is 5.91 Å². The third kappa shape index (κ3) is 4.57. The summed E-state index contributed by atoms with van der Waals surface area (Å²) in [7, 11) is 4.00. The van der Waals surface area contributed by atoms with Crippen LogP contribution in [0, 0.1) is 0 Å². The van der Waals surface area contributed by atoms with E-state index < -0.39 is 0 Å². The number of rotatable bonds is 7. The number of anilines is 2. The molecule has 0 radical (unpaired) electrons. The standard InChI is InChI=1S/C17H21N5O3/c1-22(2)7-3-6-18-17(23)13-9-20-16(10-19-13)21-12-4-5-14-15(8-12)25-11-24-14/h4-5,8-10H,3,6-7,11H2,1-2H3,(H,18,23)(H,20,21). The number of fused-ring (bicyclic) bond motifs is 1. The van der Waals surface area contributed by atoms with Crippen molar-refractivity contribution in [3.8, 4) is 11.5 Å². The highest BCUT2D eigenvalue weighted by Gasteiger charge is 2.13. The van der Waals surface area contributed by atoms with E-state index in [1.54, 1.807) is 0 Å². The van der Waals surface area contributed by atoms with Gasteiger partial charge in [0.05, 0.1) is 12.4 Å². The molecule has 1 aromatic heterocycles. The fraction of sp³-hybridized carbons (Fsp3) is 0.353. The molecule has 0 unspecified atom stereocenters. The van der Waals surface area contributed by atoms with Gasteiger partial charge in [-0.3, -0.25) is 4.79 Å². The first-order valence-electron chi connectivity index (χ1n) is 8.03. The van der Waals surface area contributed by atoms with Crippen molar-refractivity contribution >= 4 is 17.4 Å². The average Bonchev–Trinajstić information content (AvgIpc) is 3.07.